The van der Waals surface area contributed by atoms with E-state index < -0.39 is 0 Å². The highest BCUT2D eigenvalue weighted by molar-refractivity contribution is 8.26. The Hall–Kier alpha value is -2.49. The molecule has 3 heterocycles. The van der Waals surface area contributed by atoms with Crippen molar-refractivity contribution in [2.24, 2.45) is 0 Å². The third-order valence-electron chi connectivity index (χ3n) is 4.60. The number of anilines is 1. The van der Waals surface area contributed by atoms with Crippen LogP contribution in [-0.4, -0.2) is 48.8 Å². The molecule has 2 aromatic heterocycles. The van der Waals surface area contributed by atoms with Gasteiger partial charge in [0.15, 0.2) is 0 Å². The molecule has 0 saturated carbocycles. The van der Waals surface area contributed by atoms with Crippen LogP contribution in [0.1, 0.15) is 24.5 Å². The number of fused-ring (bicyclic) bond motifs is 1. The number of carbonyl (C=O) groups excluding carboxylic acids is 1. The van der Waals surface area contributed by atoms with Gasteiger partial charge in [-0.15, -0.1) is 6.58 Å². The Morgan fingerprint density at radius 3 is 2.86 bits per heavy atom. The second kappa shape index (κ2) is 8.89. The lowest BCUT2D eigenvalue weighted by Gasteiger charge is -2.17. The van der Waals surface area contributed by atoms with Gasteiger partial charge >= 0.3 is 0 Å². The maximum atomic E-state index is 13.2. The number of hydrogen-bond donors (Lipinski definition) is 2. The van der Waals surface area contributed by atoms with Gasteiger partial charge in [0.25, 0.3) is 11.5 Å². The number of thioether (sulfide) groups is 1. The molecule has 0 aromatic carbocycles. The van der Waals surface area contributed by atoms with Gasteiger partial charge in [0.05, 0.1) is 23.1 Å². The SMILES string of the molecule is C=CCN1C(=O)/C(=C\c2c(N[C@H](CC)CO)nc3c(C)cccn3c2=O)SC1=S. The predicted octanol–water partition coefficient (Wildman–Crippen LogP) is 2.57. The Morgan fingerprint density at radius 1 is 1.45 bits per heavy atom. The van der Waals surface area contributed by atoms with E-state index in [9.17, 15) is 14.7 Å². The minimum absolute atomic E-state index is 0.105. The first-order valence-electron chi connectivity index (χ1n) is 9.16. The minimum atomic E-state index is -0.303. The van der Waals surface area contributed by atoms with E-state index in [2.05, 4.69) is 16.9 Å². The van der Waals surface area contributed by atoms with Crippen LogP contribution in [0.25, 0.3) is 11.7 Å². The fraction of sp³-hybridized carbons (Fsp3) is 0.300. The molecule has 1 atom stereocenters. The Morgan fingerprint density at radius 2 is 2.21 bits per heavy atom. The van der Waals surface area contributed by atoms with Crippen LogP contribution in [0.2, 0.25) is 0 Å². The smallest absolute Gasteiger partial charge is 0.267 e. The molecular formula is C20H22N4O3S2. The fourth-order valence-electron chi connectivity index (χ4n) is 2.94. The normalized spacial score (nSPS) is 16.7. The Labute approximate surface area is 178 Å². The lowest BCUT2D eigenvalue weighted by molar-refractivity contribution is -0.121. The summed E-state index contributed by atoms with van der Waals surface area (Å²) in [5.74, 6) is 0.0629. The quantitative estimate of drug-likeness (QED) is 0.397. The molecule has 0 spiro atoms. The number of aliphatic hydroxyl groups is 1. The zero-order valence-corrected chi connectivity index (χ0v) is 17.8. The van der Waals surface area contributed by atoms with Crippen molar-refractivity contribution >= 4 is 51.7 Å². The molecule has 1 aliphatic heterocycles. The first-order chi connectivity index (χ1) is 13.9. The monoisotopic (exact) mass is 430 g/mol. The van der Waals surface area contributed by atoms with E-state index in [0.29, 0.717) is 33.7 Å². The number of amides is 1. The summed E-state index contributed by atoms with van der Waals surface area (Å²) in [6, 6.07) is 3.37. The summed E-state index contributed by atoms with van der Waals surface area (Å²) in [5.41, 5.74) is 1.31. The van der Waals surface area contributed by atoms with Crippen molar-refractivity contribution in [1.29, 1.82) is 0 Å². The van der Waals surface area contributed by atoms with Gasteiger partial charge in [-0.25, -0.2) is 4.98 Å². The molecule has 2 N–H and O–H groups in total. The van der Waals surface area contributed by atoms with Crippen LogP contribution < -0.4 is 10.9 Å². The molecular weight excluding hydrogens is 408 g/mol. The zero-order chi connectivity index (χ0) is 21.1. The fourth-order valence-corrected chi connectivity index (χ4v) is 4.20. The third kappa shape index (κ3) is 4.12. The Kier molecular flexibility index (Phi) is 6.51. The molecule has 2 aromatic rings. The average molecular weight is 431 g/mol. The number of aryl methyl sites for hydroxylation is 1. The molecule has 9 heteroatoms. The Balaban J connectivity index is 2.19. The van der Waals surface area contributed by atoms with Gasteiger partial charge in [-0.05, 0) is 31.1 Å². The summed E-state index contributed by atoms with van der Waals surface area (Å²) in [5, 5.41) is 12.7. The van der Waals surface area contributed by atoms with E-state index in [1.807, 2.05) is 19.9 Å². The van der Waals surface area contributed by atoms with Crippen molar-refractivity contribution in [3.63, 3.8) is 0 Å². The van der Waals surface area contributed by atoms with Crippen LogP contribution in [0.5, 0.6) is 0 Å². The van der Waals surface area contributed by atoms with Crippen molar-refractivity contribution in [2.75, 3.05) is 18.5 Å². The zero-order valence-electron chi connectivity index (χ0n) is 16.2. The van der Waals surface area contributed by atoms with Crippen LogP contribution in [0.4, 0.5) is 5.82 Å². The number of pyridine rings is 1. The average Bonchev–Trinajstić information content (AvgIpc) is 2.97. The van der Waals surface area contributed by atoms with Gasteiger partial charge in [0.1, 0.15) is 15.8 Å². The van der Waals surface area contributed by atoms with Gasteiger partial charge in [-0.1, -0.05) is 43.0 Å². The second-order valence-electron chi connectivity index (χ2n) is 6.58. The molecule has 0 bridgehead atoms. The maximum absolute atomic E-state index is 13.2. The summed E-state index contributed by atoms with van der Waals surface area (Å²) >= 11 is 6.42. The molecule has 3 rings (SSSR count). The third-order valence-corrected chi connectivity index (χ3v) is 5.98. The van der Waals surface area contributed by atoms with Crippen molar-refractivity contribution in [1.82, 2.24) is 14.3 Å². The summed E-state index contributed by atoms with van der Waals surface area (Å²) in [6.07, 6.45) is 5.42. The number of hydrogen-bond acceptors (Lipinski definition) is 7. The molecule has 1 amide bonds. The molecule has 0 radical (unpaired) electrons. The highest BCUT2D eigenvalue weighted by Crippen LogP contribution is 2.33. The Bertz CT molecular complexity index is 1070. The van der Waals surface area contributed by atoms with E-state index in [-0.39, 0.29) is 29.7 Å². The standard InChI is InChI=1S/C20H22N4O3S2/c1-4-8-24-19(27)15(29-20(24)28)10-14-16(21-13(5-2)11-25)22-17-12(3)7-6-9-23(17)18(14)26/h4,6-7,9-10,13,21,25H,1,5,8,11H2,2-3H3/b15-10+/t13-/m1/s1. The highest BCUT2D eigenvalue weighted by Gasteiger charge is 2.32. The van der Waals surface area contributed by atoms with Gasteiger partial charge in [0, 0.05) is 12.7 Å². The second-order valence-corrected chi connectivity index (χ2v) is 8.25. The number of carbonyl (C=O) groups is 1. The maximum Gasteiger partial charge on any atom is 0.267 e. The number of thiocarbonyl (C=S) groups is 1. The molecule has 1 saturated heterocycles. The van der Waals surface area contributed by atoms with E-state index in [1.54, 1.807) is 18.3 Å². The molecule has 0 aliphatic carbocycles. The lowest BCUT2D eigenvalue weighted by Crippen LogP contribution is -2.29. The number of aromatic nitrogens is 2. The van der Waals surface area contributed by atoms with Crippen LogP contribution in [0.3, 0.4) is 0 Å². The van der Waals surface area contributed by atoms with E-state index >= 15 is 0 Å². The number of nitrogens with zero attached hydrogens (tertiary/aromatic N) is 3. The van der Waals surface area contributed by atoms with Crippen LogP contribution in [0, 0.1) is 6.92 Å². The van der Waals surface area contributed by atoms with Gasteiger partial charge in [-0.2, -0.15) is 0 Å². The van der Waals surface area contributed by atoms with Crippen molar-refractivity contribution in [3.8, 4) is 0 Å². The molecule has 152 valence electrons. The molecule has 1 aliphatic rings. The first-order valence-corrected chi connectivity index (χ1v) is 10.4. The number of aliphatic hydroxyl groups excluding tert-OH is 1. The largest absolute Gasteiger partial charge is 0.394 e. The number of rotatable bonds is 7. The number of nitrogens with one attached hydrogen (secondary N) is 1. The van der Waals surface area contributed by atoms with E-state index in [4.69, 9.17) is 12.2 Å². The molecule has 7 nitrogen and oxygen atoms in total. The topological polar surface area (TPSA) is 86.9 Å². The summed E-state index contributed by atoms with van der Waals surface area (Å²) in [4.78, 5) is 32.3. The van der Waals surface area contributed by atoms with Crippen molar-refractivity contribution in [3.05, 3.63) is 57.4 Å². The summed E-state index contributed by atoms with van der Waals surface area (Å²) < 4.78 is 1.87. The lowest BCUT2D eigenvalue weighted by atomic mass is 10.2. The van der Waals surface area contributed by atoms with Crippen LogP contribution >= 0.6 is 24.0 Å². The molecule has 1 fully saturated rings. The summed E-state index contributed by atoms with van der Waals surface area (Å²) in [6.45, 7) is 7.64. The highest BCUT2D eigenvalue weighted by atomic mass is 32.2. The van der Waals surface area contributed by atoms with Gasteiger partial charge < -0.3 is 10.4 Å². The van der Waals surface area contributed by atoms with Crippen LogP contribution in [-0.2, 0) is 4.79 Å². The summed E-state index contributed by atoms with van der Waals surface area (Å²) in [7, 11) is 0. The van der Waals surface area contributed by atoms with E-state index in [1.165, 1.54) is 15.4 Å². The minimum Gasteiger partial charge on any atom is -0.394 e. The predicted molar refractivity (Wildman–Crippen MR) is 121 cm³/mol. The van der Waals surface area contributed by atoms with E-state index in [0.717, 1.165) is 17.3 Å². The van der Waals surface area contributed by atoms with Crippen molar-refractivity contribution < 1.29 is 9.90 Å². The molecule has 0 unspecified atom stereocenters. The first kappa shape index (κ1) is 21.2. The van der Waals surface area contributed by atoms with Gasteiger partial charge in [-0.3, -0.25) is 18.9 Å². The van der Waals surface area contributed by atoms with Crippen LogP contribution in [0.15, 0.2) is 40.7 Å². The molecule has 29 heavy (non-hydrogen) atoms. The van der Waals surface area contributed by atoms with Crippen molar-refractivity contribution in [2.45, 2.75) is 26.3 Å². The van der Waals surface area contributed by atoms with Gasteiger partial charge in [0.2, 0.25) is 0 Å².